The SMILES string of the molecule is CNC(c1ccc2c(c1)OCCCO2)c1ccn(C)n1. The van der Waals surface area contributed by atoms with Crippen molar-refractivity contribution in [3.05, 3.63) is 41.7 Å². The van der Waals surface area contributed by atoms with Gasteiger partial charge in [-0.1, -0.05) is 6.07 Å². The highest BCUT2D eigenvalue weighted by molar-refractivity contribution is 5.45. The summed E-state index contributed by atoms with van der Waals surface area (Å²) in [4.78, 5) is 0. The van der Waals surface area contributed by atoms with Crippen molar-refractivity contribution >= 4 is 0 Å². The van der Waals surface area contributed by atoms with Crippen LogP contribution in [-0.2, 0) is 7.05 Å². The fourth-order valence-electron chi connectivity index (χ4n) is 2.43. The molecule has 5 nitrogen and oxygen atoms in total. The second kappa shape index (κ2) is 5.54. The van der Waals surface area contributed by atoms with Gasteiger partial charge in [-0.25, -0.2) is 0 Å². The van der Waals surface area contributed by atoms with Gasteiger partial charge in [-0.05, 0) is 30.8 Å². The molecule has 106 valence electrons. The summed E-state index contributed by atoms with van der Waals surface area (Å²) >= 11 is 0. The number of nitrogens with one attached hydrogen (secondary N) is 1. The average Bonchev–Trinajstić information content (AvgIpc) is 2.75. The Kier molecular flexibility index (Phi) is 3.60. The number of rotatable bonds is 3. The molecule has 3 rings (SSSR count). The molecule has 0 radical (unpaired) electrons. The number of benzene rings is 1. The number of ether oxygens (including phenoxy) is 2. The summed E-state index contributed by atoms with van der Waals surface area (Å²) < 4.78 is 13.2. The topological polar surface area (TPSA) is 48.3 Å². The van der Waals surface area contributed by atoms with Gasteiger partial charge in [0.25, 0.3) is 0 Å². The molecule has 0 saturated carbocycles. The van der Waals surface area contributed by atoms with Gasteiger partial charge in [-0.3, -0.25) is 4.68 Å². The van der Waals surface area contributed by atoms with Crippen molar-refractivity contribution in [3.8, 4) is 11.5 Å². The maximum absolute atomic E-state index is 5.75. The number of aromatic nitrogens is 2. The quantitative estimate of drug-likeness (QED) is 0.927. The predicted molar refractivity (Wildman–Crippen MR) is 76.2 cm³/mol. The monoisotopic (exact) mass is 273 g/mol. The lowest BCUT2D eigenvalue weighted by atomic mass is 10.0. The third-order valence-corrected chi connectivity index (χ3v) is 3.42. The highest BCUT2D eigenvalue weighted by Gasteiger charge is 2.18. The van der Waals surface area contributed by atoms with Gasteiger partial charge >= 0.3 is 0 Å². The summed E-state index contributed by atoms with van der Waals surface area (Å²) in [5.41, 5.74) is 2.11. The fourth-order valence-corrected chi connectivity index (χ4v) is 2.43. The van der Waals surface area contributed by atoms with Gasteiger partial charge in [-0.2, -0.15) is 5.10 Å². The van der Waals surface area contributed by atoms with E-state index >= 15 is 0 Å². The number of hydrogen-bond donors (Lipinski definition) is 1. The van der Waals surface area contributed by atoms with Crippen LogP contribution < -0.4 is 14.8 Å². The van der Waals surface area contributed by atoms with E-state index in [1.807, 2.05) is 43.2 Å². The lowest BCUT2D eigenvalue weighted by molar-refractivity contribution is 0.297. The highest BCUT2D eigenvalue weighted by atomic mass is 16.5. The first-order chi connectivity index (χ1) is 9.78. The van der Waals surface area contributed by atoms with Crippen LogP contribution in [0.5, 0.6) is 11.5 Å². The molecule has 5 heteroatoms. The zero-order chi connectivity index (χ0) is 13.9. The Hall–Kier alpha value is -2.01. The van der Waals surface area contributed by atoms with Gasteiger partial charge in [0.05, 0.1) is 24.9 Å². The van der Waals surface area contributed by atoms with Crippen LogP contribution in [0.1, 0.15) is 23.7 Å². The molecule has 1 aromatic heterocycles. The minimum Gasteiger partial charge on any atom is -0.490 e. The molecular weight excluding hydrogens is 254 g/mol. The van der Waals surface area contributed by atoms with Crippen LogP contribution in [0.4, 0.5) is 0 Å². The Balaban J connectivity index is 1.94. The van der Waals surface area contributed by atoms with Gasteiger partial charge in [-0.15, -0.1) is 0 Å². The third-order valence-electron chi connectivity index (χ3n) is 3.42. The Morgan fingerprint density at radius 3 is 2.70 bits per heavy atom. The molecule has 1 aliphatic heterocycles. The van der Waals surface area contributed by atoms with E-state index in [9.17, 15) is 0 Å². The summed E-state index contributed by atoms with van der Waals surface area (Å²) in [5, 5.41) is 7.77. The smallest absolute Gasteiger partial charge is 0.161 e. The van der Waals surface area contributed by atoms with Crippen molar-refractivity contribution in [1.82, 2.24) is 15.1 Å². The standard InChI is InChI=1S/C15H19N3O2/c1-16-15(12-6-7-18(2)17-12)11-4-5-13-14(10-11)20-9-3-8-19-13/h4-7,10,15-16H,3,8-9H2,1-2H3. The number of hydrogen-bond acceptors (Lipinski definition) is 4. The summed E-state index contributed by atoms with van der Waals surface area (Å²) in [5.74, 6) is 1.64. The Morgan fingerprint density at radius 1 is 1.20 bits per heavy atom. The maximum Gasteiger partial charge on any atom is 0.161 e. The van der Waals surface area contributed by atoms with E-state index in [-0.39, 0.29) is 6.04 Å². The number of aryl methyl sites for hydroxylation is 1. The molecule has 0 spiro atoms. The molecule has 2 heterocycles. The van der Waals surface area contributed by atoms with Crippen LogP contribution >= 0.6 is 0 Å². The van der Waals surface area contributed by atoms with Crippen LogP contribution in [0.25, 0.3) is 0 Å². The lowest BCUT2D eigenvalue weighted by Crippen LogP contribution is -2.18. The van der Waals surface area contributed by atoms with E-state index in [1.54, 1.807) is 0 Å². The van der Waals surface area contributed by atoms with Crippen LogP contribution in [0.3, 0.4) is 0 Å². The largest absolute Gasteiger partial charge is 0.490 e. The second-order valence-corrected chi connectivity index (χ2v) is 4.89. The Morgan fingerprint density at radius 2 is 2.00 bits per heavy atom. The molecule has 20 heavy (non-hydrogen) atoms. The Bertz CT molecular complexity index is 595. The fraction of sp³-hybridized carbons (Fsp3) is 0.400. The molecule has 1 atom stereocenters. The summed E-state index contributed by atoms with van der Waals surface area (Å²) in [7, 11) is 3.85. The minimum atomic E-state index is 0.0494. The van der Waals surface area contributed by atoms with Gasteiger partial charge in [0.2, 0.25) is 0 Å². The van der Waals surface area contributed by atoms with Gasteiger partial charge < -0.3 is 14.8 Å². The van der Waals surface area contributed by atoms with Crippen molar-refractivity contribution < 1.29 is 9.47 Å². The maximum atomic E-state index is 5.75. The summed E-state index contributed by atoms with van der Waals surface area (Å²) in [6.07, 6.45) is 2.86. The highest BCUT2D eigenvalue weighted by Crippen LogP contribution is 2.33. The zero-order valence-corrected chi connectivity index (χ0v) is 11.8. The molecule has 0 fully saturated rings. The molecule has 0 aliphatic carbocycles. The Labute approximate surface area is 118 Å². The molecule has 0 saturated heterocycles. The molecule has 0 bridgehead atoms. The minimum absolute atomic E-state index is 0.0494. The molecule has 1 unspecified atom stereocenters. The zero-order valence-electron chi connectivity index (χ0n) is 11.8. The van der Waals surface area contributed by atoms with Crippen molar-refractivity contribution in [3.63, 3.8) is 0 Å². The van der Waals surface area contributed by atoms with Crippen LogP contribution in [0.2, 0.25) is 0 Å². The van der Waals surface area contributed by atoms with Crippen LogP contribution in [0, 0.1) is 0 Å². The van der Waals surface area contributed by atoms with E-state index in [0.29, 0.717) is 13.2 Å². The van der Waals surface area contributed by atoms with E-state index in [1.165, 1.54) is 0 Å². The van der Waals surface area contributed by atoms with Crippen LogP contribution in [-0.4, -0.2) is 30.0 Å². The first-order valence-electron chi connectivity index (χ1n) is 6.84. The summed E-state index contributed by atoms with van der Waals surface area (Å²) in [6.45, 7) is 1.41. The van der Waals surface area contributed by atoms with Gasteiger partial charge in [0.15, 0.2) is 11.5 Å². The predicted octanol–water partition coefficient (Wildman–Crippen LogP) is 1.89. The van der Waals surface area contributed by atoms with Crippen molar-refractivity contribution in [2.24, 2.45) is 7.05 Å². The lowest BCUT2D eigenvalue weighted by Gasteiger charge is -2.16. The summed E-state index contributed by atoms with van der Waals surface area (Å²) in [6, 6.07) is 8.14. The van der Waals surface area contributed by atoms with Crippen molar-refractivity contribution in [2.45, 2.75) is 12.5 Å². The molecule has 1 aliphatic rings. The number of nitrogens with zero attached hydrogens (tertiary/aromatic N) is 2. The molecule has 1 aromatic carbocycles. The van der Waals surface area contributed by atoms with E-state index in [4.69, 9.17) is 9.47 Å². The van der Waals surface area contributed by atoms with Gasteiger partial charge in [0.1, 0.15) is 0 Å². The molecule has 0 amide bonds. The average molecular weight is 273 g/mol. The molecular formula is C15H19N3O2. The molecule has 1 N–H and O–H groups in total. The molecule has 2 aromatic rings. The number of fused-ring (bicyclic) bond motifs is 1. The van der Waals surface area contributed by atoms with E-state index in [2.05, 4.69) is 16.5 Å². The third kappa shape index (κ3) is 2.49. The van der Waals surface area contributed by atoms with Crippen LogP contribution in [0.15, 0.2) is 30.5 Å². The van der Waals surface area contributed by atoms with Gasteiger partial charge in [0, 0.05) is 19.7 Å². The van der Waals surface area contributed by atoms with Crippen molar-refractivity contribution in [1.29, 1.82) is 0 Å². The second-order valence-electron chi connectivity index (χ2n) is 4.89. The van der Waals surface area contributed by atoms with E-state index in [0.717, 1.165) is 29.2 Å². The normalized spacial score (nSPS) is 15.7. The van der Waals surface area contributed by atoms with Crippen molar-refractivity contribution in [2.75, 3.05) is 20.3 Å². The first kappa shape index (κ1) is 13.0. The first-order valence-corrected chi connectivity index (χ1v) is 6.84. The van der Waals surface area contributed by atoms with E-state index < -0.39 is 0 Å².